The van der Waals surface area contributed by atoms with Crippen LogP contribution in [-0.4, -0.2) is 61.7 Å². The van der Waals surface area contributed by atoms with E-state index in [4.69, 9.17) is 0 Å². The van der Waals surface area contributed by atoms with Gasteiger partial charge in [0, 0.05) is 38.3 Å². The average Bonchev–Trinajstić information content (AvgIpc) is 2.43. The minimum atomic E-state index is 0.673. The smallest absolute Gasteiger partial charge is 0.0113 e. The molecule has 0 spiro atoms. The standard InChI is InChI=1S/C15H33N3/c1-5-15(3)18-12-10-17(11-13-18)9-7-6-8-14(2)16-4/h14-16H,5-13H2,1-4H3. The first-order valence-corrected chi connectivity index (χ1v) is 7.81. The molecular formula is C15H33N3. The van der Waals surface area contributed by atoms with Crippen LogP contribution in [0.25, 0.3) is 0 Å². The molecule has 3 nitrogen and oxygen atoms in total. The second-order valence-electron chi connectivity index (χ2n) is 5.82. The van der Waals surface area contributed by atoms with E-state index in [0.717, 1.165) is 6.04 Å². The number of hydrogen-bond acceptors (Lipinski definition) is 3. The van der Waals surface area contributed by atoms with E-state index in [1.807, 2.05) is 0 Å². The molecule has 0 saturated carbocycles. The molecule has 0 aromatic rings. The van der Waals surface area contributed by atoms with Gasteiger partial charge in [-0.1, -0.05) is 13.3 Å². The molecule has 2 atom stereocenters. The van der Waals surface area contributed by atoms with E-state index in [1.165, 1.54) is 58.4 Å². The SMILES string of the molecule is CCC(C)N1CCN(CCCCC(C)NC)CC1. The van der Waals surface area contributed by atoms with Crippen molar-refractivity contribution in [1.82, 2.24) is 15.1 Å². The first kappa shape index (κ1) is 15.9. The third kappa shape index (κ3) is 5.68. The molecule has 0 aromatic carbocycles. The van der Waals surface area contributed by atoms with Crippen LogP contribution in [0, 0.1) is 0 Å². The Kier molecular flexibility index (Phi) is 7.87. The fourth-order valence-electron chi connectivity index (χ4n) is 2.62. The van der Waals surface area contributed by atoms with Crippen molar-refractivity contribution >= 4 is 0 Å². The van der Waals surface area contributed by atoms with E-state index in [9.17, 15) is 0 Å². The van der Waals surface area contributed by atoms with Crippen LogP contribution >= 0.6 is 0 Å². The molecule has 1 fully saturated rings. The van der Waals surface area contributed by atoms with Gasteiger partial charge in [-0.3, -0.25) is 4.90 Å². The van der Waals surface area contributed by atoms with Crippen LogP contribution in [0.4, 0.5) is 0 Å². The summed E-state index contributed by atoms with van der Waals surface area (Å²) < 4.78 is 0. The van der Waals surface area contributed by atoms with E-state index in [1.54, 1.807) is 0 Å². The third-order valence-electron chi connectivity index (χ3n) is 4.48. The molecule has 1 heterocycles. The normalized spacial score (nSPS) is 22.0. The summed E-state index contributed by atoms with van der Waals surface area (Å²) in [6, 6.07) is 1.44. The molecule has 0 amide bonds. The van der Waals surface area contributed by atoms with E-state index >= 15 is 0 Å². The molecule has 3 heteroatoms. The van der Waals surface area contributed by atoms with Crippen LogP contribution in [0.1, 0.15) is 46.5 Å². The first-order chi connectivity index (χ1) is 8.67. The van der Waals surface area contributed by atoms with Crippen molar-refractivity contribution in [2.24, 2.45) is 0 Å². The largest absolute Gasteiger partial charge is 0.317 e. The summed E-state index contributed by atoms with van der Waals surface area (Å²) in [5, 5.41) is 3.31. The Hall–Kier alpha value is -0.120. The predicted molar refractivity (Wildman–Crippen MR) is 80.1 cm³/mol. The molecule has 108 valence electrons. The highest BCUT2D eigenvalue weighted by Gasteiger charge is 2.19. The quantitative estimate of drug-likeness (QED) is 0.671. The van der Waals surface area contributed by atoms with Crippen molar-refractivity contribution in [3.8, 4) is 0 Å². The minimum absolute atomic E-state index is 0.673. The zero-order valence-electron chi connectivity index (χ0n) is 12.9. The Morgan fingerprint density at radius 3 is 2.28 bits per heavy atom. The van der Waals surface area contributed by atoms with Gasteiger partial charge < -0.3 is 10.2 Å². The second-order valence-corrected chi connectivity index (χ2v) is 5.82. The lowest BCUT2D eigenvalue weighted by molar-refractivity contribution is 0.0993. The molecule has 1 aliphatic heterocycles. The highest BCUT2D eigenvalue weighted by Crippen LogP contribution is 2.10. The number of nitrogens with one attached hydrogen (secondary N) is 1. The van der Waals surface area contributed by atoms with Gasteiger partial charge in [-0.2, -0.15) is 0 Å². The van der Waals surface area contributed by atoms with E-state index in [2.05, 4.69) is 42.9 Å². The molecule has 2 unspecified atom stereocenters. The van der Waals surface area contributed by atoms with Crippen LogP contribution in [-0.2, 0) is 0 Å². The molecule has 1 N–H and O–H groups in total. The Labute approximate surface area is 114 Å². The van der Waals surface area contributed by atoms with Crippen LogP contribution in [0.2, 0.25) is 0 Å². The highest BCUT2D eigenvalue weighted by atomic mass is 15.3. The first-order valence-electron chi connectivity index (χ1n) is 7.81. The molecule has 18 heavy (non-hydrogen) atoms. The van der Waals surface area contributed by atoms with Gasteiger partial charge in [0.2, 0.25) is 0 Å². The molecule has 1 rings (SSSR count). The molecule has 0 aromatic heterocycles. The summed E-state index contributed by atoms with van der Waals surface area (Å²) in [4.78, 5) is 5.28. The molecule has 0 bridgehead atoms. The van der Waals surface area contributed by atoms with E-state index < -0.39 is 0 Å². The lowest BCUT2D eigenvalue weighted by atomic mass is 10.1. The maximum Gasteiger partial charge on any atom is 0.0113 e. The predicted octanol–water partition coefficient (Wildman–Crippen LogP) is 2.18. The topological polar surface area (TPSA) is 18.5 Å². The maximum absolute atomic E-state index is 3.31. The maximum atomic E-state index is 3.31. The Morgan fingerprint density at radius 2 is 1.72 bits per heavy atom. The van der Waals surface area contributed by atoms with Gasteiger partial charge >= 0.3 is 0 Å². The van der Waals surface area contributed by atoms with Crippen LogP contribution < -0.4 is 5.32 Å². The Morgan fingerprint density at radius 1 is 1.06 bits per heavy atom. The van der Waals surface area contributed by atoms with E-state index in [0.29, 0.717) is 6.04 Å². The van der Waals surface area contributed by atoms with Crippen molar-refractivity contribution in [3.63, 3.8) is 0 Å². The van der Waals surface area contributed by atoms with Gasteiger partial charge in [-0.25, -0.2) is 0 Å². The van der Waals surface area contributed by atoms with Crippen molar-refractivity contribution in [2.45, 2.75) is 58.5 Å². The van der Waals surface area contributed by atoms with Gasteiger partial charge in [-0.15, -0.1) is 0 Å². The number of nitrogens with zero attached hydrogens (tertiary/aromatic N) is 2. The van der Waals surface area contributed by atoms with Crippen molar-refractivity contribution in [2.75, 3.05) is 39.8 Å². The van der Waals surface area contributed by atoms with Gasteiger partial charge in [-0.05, 0) is 46.7 Å². The summed E-state index contributed by atoms with van der Waals surface area (Å²) in [6.45, 7) is 13.3. The fraction of sp³-hybridized carbons (Fsp3) is 1.00. The molecule has 1 saturated heterocycles. The van der Waals surface area contributed by atoms with Gasteiger partial charge in [0.25, 0.3) is 0 Å². The van der Waals surface area contributed by atoms with Crippen LogP contribution in [0.5, 0.6) is 0 Å². The number of unbranched alkanes of at least 4 members (excludes halogenated alkanes) is 1. The lowest BCUT2D eigenvalue weighted by Crippen LogP contribution is -2.49. The zero-order chi connectivity index (χ0) is 13.4. The summed E-state index contributed by atoms with van der Waals surface area (Å²) in [5.41, 5.74) is 0. The van der Waals surface area contributed by atoms with Crippen molar-refractivity contribution in [1.29, 1.82) is 0 Å². The molecule has 1 aliphatic rings. The molecule has 0 aliphatic carbocycles. The zero-order valence-corrected chi connectivity index (χ0v) is 12.9. The Bertz CT molecular complexity index is 200. The van der Waals surface area contributed by atoms with Gasteiger partial charge in [0.15, 0.2) is 0 Å². The van der Waals surface area contributed by atoms with Crippen LogP contribution in [0.3, 0.4) is 0 Å². The van der Waals surface area contributed by atoms with Gasteiger partial charge in [0.05, 0.1) is 0 Å². The van der Waals surface area contributed by atoms with Gasteiger partial charge in [0.1, 0.15) is 0 Å². The fourth-order valence-corrected chi connectivity index (χ4v) is 2.62. The minimum Gasteiger partial charge on any atom is -0.317 e. The third-order valence-corrected chi connectivity index (χ3v) is 4.48. The summed E-state index contributed by atoms with van der Waals surface area (Å²) >= 11 is 0. The molecule has 0 radical (unpaired) electrons. The number of hydrogen-bond donors (Lipinski definition) is 1. The summed E-state index contributed by atoms with van der Waals surface area (Å²) in [7, 11) is 2.05. The Balaban J connectivity index is 2.05. The average molecular weight is 255 g/mol. The number of rotatable bonds is 8. The molecular weight excluding hydrogens is 222 g/mol. The lowest BCUT2D eigenvalue weighted by Gasteiger charge is -2.37. The monoisotopic (exact) mass is 255 g/mol. The highest BCUT2D eigenvalue weighted by molar-refractivity contribution is 4.75. The summed E-state index contributed by atoms with van der Waals surface area (Å²) in [5.74, 6) is 0. The number of piperazine rings is 1. The second kappa shape index (κ2) is 8.89. The van der Waals surface area contributed by atoms with Crippen LogP contribution in [0.15, 0.2) is 0 Å². The summed E-state index contributed by atoms with van der Waals surface area (Å²) in [6.07, 6.45) is 5.30. The van der Waals surface area contributed by atoms with E-state index in [-0.39, 0.29) is 0 Å². The van der Waals surface area contributed by atoms with Crippen molar-refractivity contribution < 1.29 is 0 Å². The van der Waals surface area contributed by atoms with Crippen molar-refractivity contribution in [3.05, 3.63) is 0 Å².